The van der Waals surface area contributed by atoms with E-state index in [0.29, 0.717) is 12.6 Å². The van der Waals surface area contributed by atoms with Gasteiger partial charge in [0.1, 0.15) is 0 Å². The van der Waals surface area contributed by atoms with Crippen molar-refractivity contribution in [2.45, 2.75) is 13.1 Å². The van der Waals surface area contributed by atoms with Crippen molar-refractivity contribution in [1.29, 1.82) is 0 Å². The SMILES string of the molecule is COCCNc1ncc2c(n1)CNC2.Cl. The fourth-order valence-corrected chi connectivity index (χ4v) is 1.41. The molecule has 1 aliphatic rings. The minimum atomic E-state index is 0. The van der Waals surface area contributed by atoms with Crippen molar-refractivity contribution in [1.82, 2.24) is 15.3 Å². The van der Waals surface area contributed by atoms with E-state index in [1.54, 1.807) is 7.11 Å². The highest BCUT2D eigenvalue weighted by atomic mass is 35.5. The zero-order chi connectivity index (χ0) is 9.80. The van der Waals surface area contributed by atoms with Crippen LogP contribution in [0, 0.1) is 0 Å². The molecule has 0 unspecified atom stereocenters. The zero-order valence-electron chi connectivity index (χ0n) is 8.62. The second-order valence-electron chi connectivity index (χ2n) is 3.19. The number of aromatic nitrogens is 2. The van der Waals surface area contributed by atoms with E-state index in [0.717, 1.165) is 25.3 Å². The number of hydrogen-bond acceptors (Lipinski definition) is 5. The number of rotatable bonds is 4. The van der Waals surface area contributed by atoms with Crippen LogP contribution < -0.4 is 10.6 Å². The van der Waals surface area contributed by atoms with E-state index in [9.17, 15) is 0 Å². The summed E-state index contributed by atoms with van der Waals surface area (Å²) in [5.74, 6) is 0.685. The largest absolute Gasteiger partial charge is 0.383 e. The van der Waals surface area contributed by atoms with Gasteiger partial charge < -0.3 is 15.4 Å². The number of nitrogens with zero attached hydrogens (tertiary/aromatic N) is 2. The number of methoxy groups -OCH3 is 1. The Hall–Kier alpha value is -0.910. The lowest BCUT2D eigenvalue weighted by atomic mass is 10.3. The molecule has 0 fully saturated rings. The van der Waals surface area contributed by atoms with Crippen molar-refractivity contribution in [2.24, 2.45) is 0 Å². The third-order valence-corrected chi connectivity index (χ3v) is 2.15. The molecule has 2 rings (SSSR count). The first-order valence-electron chi connectivity index (χ1n) is 4.68. The summed E-state index contributed by atoms with van der Waals surface area (Å²) in [6.07, 6.45) is 1.87. The molecule has 1 aromatic rings. The number of hydrogen-bond donors (Lipinski definition) is 2. The molecule has 0 atom stereocenters. The van der Waals surface area contributed by atoms with Crippen LogP contribution in [0.2, 0.25) is 0 Å². The Balaban J connectivity index is 0.00000112. The van der Waals surface area contributed by atoms with E-state index in [1.165, 1.54) is 5.56 Å². The van der Waals surface area contributed by atoms with Crippen molar-refractivity contribution in [2.75, 3.05) is 25.6 Å². The molecule has 0 radical (unpaired) electrons. The van der Waals surface area contributed by atoms with Gasteiger partial charge in [0.15, 0.2) is 0 Å². The van der Waals surface area contributed by atoms with Crippen LogP contribution in [0.5, 0.6) is 0 Å². The summed E-state index contributed by atoms with van der Waals surface area (Å²) in [4.78, 5) is 8.59. The van der Waals surface area contributed by atoms with E-state index in [1.807, 2.05) is 6.20 Å². The van der Waals surface area contributed by atoms with Crippen molar-refractivity contribution >= 4 is 18.4 Å². The van der Waals surface area contributed by atoms with Crippen molar-refractivity contribution in [3.63, 3.8) is 0 Å². The Morgan fingerprint density at radius 1 is 1.53 bits per heavy atom. The lowest BCUT2D eigenvalue weighted by Gasteiger charge is -2.04. The Kier molecular flexibility index (Phi) is 4.74. The van der Waals surface area contributed by atoms with Crippen LogP contribution in [-0.2, 0) is 17.8 Å². The lowest BCUT2D eigenvalue weighted by molar-refractivity contribution is 0.210. The smallest absolute Gasteiger partial charge is 0.222 e. The fourth-order valence-electron chi connectivity index (χ4n) is 1.41. The average Bonchev–Trinajstić information content (AvgIpc) is 2.65. The predicted molar refractivity (Wildman–Crippen MR) is 60.2 cm³/mol. The van der Waals surface area contributed by atoms with Gasteiger partial charge in [0, 0.05) is 38.5 Å². The molecule has 0 aliphatic carbocycles. The number of ether oxygens (including phenoxy) is 1. The van der Waals surface area contributed by atoms with Crippen molar-refractivity contribution in [3.8, 4) is 0 Å². The fraction of sp³-hybridized carbons (Fsp3) is 0.556. The van der Waals surface area contributed by atoms with Gasteiger partial charge in [0.2, 0.25) is 5.95 Å². The third kappa shape index (κ3) is 3.02. The van der Waals surface area contributed by atoms with Crippen LogP contribution in [-0.4, -0.2) is 30.2 Å². The predicted octanol–water partition coefficient (Wildman–Crippen LogP) is 0.560. The summed E-state index contributed by atoms with van der Waals surface area (Å²) >= 11 is 0. The minimum absolute atomic E-state index is 0. The summed E-state index contributed by atoms with van der Waals surface area (Å²) in [6, 6.07) is 0. The van der Waals surface area contributed by atoms with Crippen LogP contribution in [0.15, 0.2) is 6.20 Å². The molecule has 6 heteroatoms. The molecule has 1 aromatic heterocycles. The number of anilines is 1. The van der Waals surface area contributed by atoms with Crippen LogP contribution in [0.4, 0.5) is 5.95 Å². The molecule has 84 valence electrons. The summed E-state index contributed by atoms with van der Waals surface area (Å²) in [5.41, 5.74) is 2.29. The highest BCUT2D eigenvalue weighted by Gasteiger charge is 2.12. The Labute approximate surface area is 95.1 Å². The van der Waals surface area contributed by atoms with Crippen LogP contribution in [0.25, 0.3) is 0 Å². The standard InChI is InChI=1S/C9H14N4O.ClH/c1-14-3-2-11-9-12-5-7-4-10-6-8(7)13-9;/h5,10H,2-4,6H2,1H3,(H,11,12,13);1H. The van der Waals surface area contributed by atoms with Crippen LogP contribution in [0.3, 0.4) is 0 Å². The van der Waals surface area contributed by atoms with E-state index in [2.05, 4.69) is 20.6 Å². The van der Waals surface area contributed by atoms with Gasteiger partial charge in [-0.25, -0.2) is 9.97 Å². The molecule has 0 bridgehead atoms. The van der Waals surface area contributed by atoms with Gasteiger partial charge in [-0.3, -0.25) is 0 Å². The van der Waals surface area contributed by atoms with Gasteiger partial charge in [-0.1, -0.05) is 0 Å². The maximum atomic E-state index is 4.93. The van der Waals surface area contributed by atoms with Crippen LogP contribution in [0.1, 0.15) is 11.3 Å². The van der Waals surface area contributed by atoms with E-state index >= 15 is 0 Å². The van der Waals surface area contributed by atoms with Gasteiger partial charge in [-0.2, -0.15) is 0 Å². The van der Waals surface area contributed by atoms with Gasteiger partial charge >= 0.3 is 0 Å². The third-order valence-electron chi connectivity index (χ3n) is 2.15. The lowest BCUT2D eigenvalue weighted by Crippen LogP contribution is -2.11. The van der Waals surface area contributed by atoms with Gasteiger partial charge in [-0.05, 0) is 0 Å². The highest BCUT2D eigenvalue weighted by molar-refractivity contribution is 5.85. The van der Waals surface area contributed by atoms with Gasteiger partial charge in [0.05, 0.1) is 12.3 Å². The highest BCUT2D eigenvalue weighted by Crippen LogP contribution is 2.12. The molecule has 0 spiro atoms. The minimum Gasteiger partial charge on any atom is -0.383 e. The van der Waals surface area contributed by atoms with Crippen LogP contribution >= 0.6 is 12.4 Å². The van der Waals surface area contributed by atoms with E-state index < -0.39 is 0 Å². The molecule has 0 amide bonds. The molecule has 15 heavy (non-hydrogen) atoms. The van der Waals surface area contributed by atoms with Crippen molar-refractivity contribution < 1.29 is 4.74 Å². The Bertz CT molecular complexity index is 321. The monoisotopic (exact) mass is 230 g/mol. The normalized spacial score (nSPS) is 13.1. The van der Waals surface area contributed by atoms with E-state index in [-0.39, 0.29) is 12.4 Å². The van der Waals surface area contributed by atoms with Crippen molar-refractivity contribution in [3.05, 3.63) is 17.5 Å². The van der Waals surface area contributed by atoms with Gasteiger partial charge in [0.25, 0.3) is 0 Å². The quantitative estimate of drug-likeness (QED) is 0.741. The first-order valence-corrected chi connectivity index (χ1v) is 4.68. The molecular weight excluding hydrogens is 216 g/mol. The summed E-state index contributed by atoms with van der Waals surface area (Å²) in [5, 5.41) is 6.33. The molecule has 2 N–H and O–H groups in total. The maximum Gasteiger partial charge on any atom is 0.222 e. The average molecular weight is 231 g/mol. The van der Waals surface area contributed by atoms with Gasteiger partial charge in [-0.15, -0.1) is 12.4 Å². The zero-order valence-corrected chi connectivity index (χ0v) is 9.43. The molecule has 0 saturated carbocycles. The molecule has 0 saturated heterocycles. The molecule has 2 heterocycles. The summed E-state index contributed by atoms with van der Waals surface area (Å²) in [7, 11) is 1.68. The number of fused-ring (bicyclic) bond motifs is 1. The molecule has 5 nitrogen and oxygen atoms in total. The number of halogens is 1. The first-order chi connectivity index (χ1) is 6.90. The molecule has 1 aliphatic heterocycles. The number of nitrogens with one attached hydrogen (secondary N) is 2. The first kappa shape index (κ1) is 12.2. The summed E-state index contributed by atoms with van der Waals surface area (Å²) < 4.78 is 4.93. The van der Waals surface area contributed by atoms with E-state index in [4.69, 9.17) is 4.74 Å². The topological polar surface area (TPSA) is 59.1 Å². The molecular formula is C9H15ClN4O. The Morgan fingerprint density at radius 2 is 2.40 bits per heavy atom. The maximum absolute atomic E-state index is 4.93. The molecule has 0 aromatic carbocycles. The second-order valence-corrected chi connectivity index (χ2v) is 3.19. The second kappa shape index (κ2) is 5.85. The summed E-state index contributed by atoms with van der Waals surface area (Å²) in [6.45, 7) is 3.13. The Morgan fingerprint density at radius 3 is 3.20 bits per heavy atom.